The molecule has 5 aromatic rings. The van der Waals surface area contributed by atoms with Crippen molar-refractivity contribution in [2.24, 2.45) is 0 Å². The van der Waals surface area contributed by atoms with Crippen LogP contribution in [0.1, 0.15) is 28.3 Å². The summed E-state index contributed by atoms with van der Waals surface area (Å²) in [6.45, 7) is 4.01. The van der Waals surface area contributed by atoms with Crippen LogP contribution in [0.4, 0.5) is 10.6 Å². The molecule has 12 heteroatoms. The smallest absolute Gasteiger partial charge is 0.407 e. The lowest BCUT2D eigenvalue weighted by Crippen LogP contribution is -2.48. The first kappa shape index (κ1) is 28.5. The fraction of sp³-hybridized carbons (Fsp3) is 0.226. The van der Waals surface area contributed by atoms with Gasteiger partial charge in [0.15, 0.2) is 4.88 Å². The number of carbonyl (C=O) groups excluding carboxylic acids is 1. The Bertz CT molecular complexity index is 1800. The Morgan fingerprint density at radius 1 is 1.00 bits per heavy atom. The van der Waals surface area contributed by atoms with Gasteiger partial charge in [-0.25, -0.2) is 19.6 Å². The van der Waals surface area contributed by atoms with Crippen molar-refractivity contribution in [3.63, 3.8) is 0 Å². The maximum Gasteiger partial charge on any atom is 0.407 e. The molecule has 3 aromatic heterocycles. The highest BCUT2D eigenvalue weighted by atomic mass is 35.5. The molecule has 0 bridgehead atoms. The molecule has 1 atom stereocenters. The van der Waals surface area contributed by atoms with Gasteiger partial charge < -0.3 is 24.4 Å². The summed E-state index contributed by atoms with van der Waals surface area (Å²) >= 11 is 7.64. The van der Waals surface area contributed by atoms with Gasteiger partial charge >= 0.3 is 12.1 Å². The summed E-state index contributed by atoms with van der Waals surface area (Å²) in [6.07, 6.45) is 2.26. The summed E-state index contributed by atoms with van der Waals surface area (Å²) in [5.74, 6) is 0.748. The molecule has 2 aromatic carbocycles. The summed E-state index contributed by atoms with van der Waals surface area (Å²) in [5.41, 5.74) is 4.38. The second-order valence-corrected chi connectivity index (χ2v) is 11.5. The molecular formula is C31H28ClN5O5S. The monoisotopic (exact) mass is 617 g/mol. The standard InChI is InChI=1S/C31H28ClN5O5S/c1-19(22-5-3-4-6-23(22)32)42-26-16-28(43-29(26)30(38)41-2)37-18-34-24-15-20(7-9-25(24)37)21-8-10-27(33-17-21)35-11-13-36(14-12-35)31(39)40/h3-10,15-19H,11-14H2,1-2H3,(H,39,40)/t19-/m1/s1. The number of thiophene rings is 1. The molecule has 1 saturated heterocycles. The van der Waals surface area contributed by atoms with Gasteiger partial charge in [0.25, 0.3) is 0 Å². The van der Waals surface area contributed by atoms with Crippen LogP contribution in [0.2, 0.25) is 5.02 Å². The van der Waals surface area contributed by atoms with E-state index in [0.717, 1.165) is 38.5 Å². The lowest BCUT2D eigenvalue weighted by atomic mass is 10.1. The molecule has 10 nitrogen and oxygen atoms in total. The number of ether oxygens (including phenoxy) is 2. The number of piperazine rings is 1. The SMILES string of the molecule is COC(=O)c1sc(-n2cnc3cc(-c4ccc(N5CCN(C(=O)O)CC5)nc4)ccc32)cc1O[C@H](C)c1ccccc1Cl. The minimum Gasteiger partial charge on any atom is -0.484 e. The maximum absolute atomic E-state index is 12.7. The summed E-state index contributed by atoms with van der Waals surface area (Å²) < 4.78 is 13.2. The minimum absolute atomic E-state index is 0.352. The number of rotatable bonds is 7. The first-order valence-electron chi connectivity index (χ1n) is 13.6. The highest BCUT2D eigenvalue weighted by Crippen LogP contribution is 2.38. The third-order valence-corrected chi connectivity index (χ3v) is 8.88. The zero-order valence-electron chi connectivity index (χ0n) is 23.4. The van der Waals surface area contributed by atoms with E-state index in [2.05, 4.69) is 14.9 Å². The minimum atomic E-state index is -0.888. The Balaban J connectivity index is 1.24. The Hall–Kier alpha value is -4.61. The van der Waals surface area contributed by atoms with Gasteiger partial charge in [-0.05, 0) is 42.8 Å². The Labute approximate surface area is 256 Å². The molecule has 1 amide bonds. The number of methoxy groups -OCH3 is 1. The van der Waals surface area contributed by atoms with E-state index < -0.39 is 18.2 Å². The number of halogens is 1. The van der Waals surface area contributed by atoms with Crippen molar-refractivity contribution in [2.45, 2.75) is 13.0 Å². The molecule has 6 rings (SSSR count). The molecule has 0 aliphatic carbocycles. The number of anilines is 1. The number of esters is 1. The van der Waals surface area contributed by atoms with E-state index in [-0.39, 0.29) is 0 Å². The number of amides is 1. The Morgan fingerprint density at radius 2 is 1.77 bits per heavy atom. The number of pyridine rings is 1. The molecule has 1 aliphatic rings. The normalized spacial score (nSPS) is 14.1. The second kappa shape index (κ2) is 11.9. The van der Waals surface area contributed by atoms with Crippen LogP contribution >= 0.6 is 22.9 Å². The molecule has 1 fully saturated rings. The topological polar surface area (TPSA) is 110 Å². The van der Waals surface area contributed by atoms with Crippen molar-refractivity contribution in [2.75, 3.05) is 38.2 Å². The number of hydrogen-bond acceptors (Lipinski definition) is 8. The van der Waals surface area contributed by atoms with Crippen LogP contribution in [0.5, 0.6) is 5.75 Å². The zero-order valence-corrected chi connectivity index (χ0v) is 25.0. The fourth-order valence-corrected chi connectivity index (χ4v) is 6.38. The van der Waals surface area contributed by atoms with Crippen molar-refractivity contribution in [3.8, 4) is 21.9 Å². The summed E-state index contributed by atoms with van der Waals surface area (Å²) in [6, 6.07) is 19.2. The summed E-state index contributed by atoms with van der Waals surface area (Å²) in [5, 5.41) is 10.5. The van der Waals surface area contributed by atoms with E-state index in [4.69, 9.17) is 21.1 Å². The molecule has 0 unspecified atom stereocenters. The lowest BCUT2D eigenvalue weighted by Gasteiger charge is -2.33. The van der Waals surface area contributed by atoms with Crippen molar-refractivity contribution >= 4 is 51.9 Å². The van der Waals surface area contributed by atoms with Gasteiger partial charge in [-0.15, -0.1) is 11.3 Å². The second-order valence-electron chi connectivity index (χ2n) is 10.0. The Morgan fingerprint density at radius 3 is 2.47 bits per heavy atom. The number of nitrogens with zero attached hydrogens (tertiary/aromatic N) is 5. The molecule has 4 heterocycles. The zero-order chi connectivity index (χ0) is 30.1. The van der Waals surface area contributed by atoms with Crippen LogP contribution in [-0.2, 0) is 4.74 Å². The van der Waals surface area contributed by atoms with Crippen molar-refractivity contribution in [1.29, 1.82) is 0 Å². The van der Waals surface area contributed by atoms with Crippen LogP contribution in [0.3, 0.4) is 0 Å². The highest BCUT2D eigenvalue weighted by molar-refractivity contribution is 7.16. The van der Waals surface area contributed by atoms with E-state index in [1.165, 1.54) is 23.3 Å². The van der Waals surface area contributed by atoms with Crippen LogP contribution in [0.15, 0.2) is 73.2 Å². The number of benzene rings is 2. The van der Waals surface area contributed by atoms with E-state index in [0.29, 0.717) is 41.8 Å². The maximum atomic E-state index is 12.7. The lowest BCUT2D eigenvalue weighted by molar-refractivity contribution is 0.0600. The molecule has 0 radical (unpaired) electrons. The summed E-state index contributed by atoms with van der Waals surface area (Å²) in [7, 11) is 1.35. The van der Waals surface area contributed by atoms with Crippen LogP contribution in [0, 0.1) is 0 Å². The van der Waals surface area contributed by atoms with E-state index in [1.54, 1.807) is 12.4 Å². The molecule has 1 N–H and O–H groups in total. The molecule has 43 heavy (non-hydrogen) atoms. The van der Waals surface area contributed by atoms with Gasteiger partial charge in [0.05, 0.1) is 18.1 Å². The third-order valence-electron chi connectivity index (χ3n) is 7.44. The average Bonchev–Trinajstić information content (AvgIpc) is 3.64. The number of carbonyl (C=O) groups is 2. The van der Waals surface area contributed by atoms with E-state index in [9.17, 15) is 14.7 Å². The van der Waals surface area contributed by atoms with Gasteiger partial charge in [0.1, 0.15) is 29.0 Å². The number of fused-ring (bicyclic) bond motifs is 1. The van der Waals surface area contributed by atoms with E-state index in [1.807, 2.05) is 72.3 Å². The van der Waals surface area contributed by atoms with Crippen LogP contribution < -0.4 is 9.64 Å². The fourth-order valence-electron chi connectivity index (χ4n) is 5.10. The highest BCUT2D eigenvalue weighted by Gasteiger charge is 2.24. The number of hydrogen-bond donors (Lipinski definition) is 1. The first-order valence-corrected chi connectivity index (χ1v) is 14.8. The van der Waals surface area contributed by atoms with Crippen LogP contribution in [-0.4, -0.2) is 69.9 Å². The van der Waals surface area contributed by atoms with Crippen molar-refractivity contribution < 1.29 is 24.2 Å². The predicted molar refractivity (Wildman–Crippen MR) is 166 cm³/mol. The van der Waals surface area contributed by atoms with Crippen molar-refractivity contribution in [3.05, 3.63) is 88.7 Å². The van der Waals surface area contributed by atoms with Crippen molar-refractivity contribution in [1.82, 2.24) is 19.4 Å². The molecule has 0 spiro atoms. The van der Waals surface area contributed by atoms with Gasteiger partial charge in [-0.2, -0.15) is 0 Å². The van der Waals surface area contributed by atoms with Crippen LogP contribution in [0.25, 0.3) is 27.2 Å². The first-order chi connectivity index (χ1) is 20.8. The molecule has 0 saturated carbocycles. The number of carboxylic acid groups (broad SMARTS) is 1. The molecule has 1 aliphatic heterocycles. The van der Waals surface area contributed by atoms with Gasteiger partial charge in [0, 0.05) is 54.6 Å². The van der Waals surface area contributed by atoms with Gasteiger partial charge in [-0.3, -0.25) is 4.57 Å². The van der Waals surface area contributed by atoms with Gasteiger partial charge in [0.2, 0.25) is 0 Å². The molecular weight excluding hydrogens is 590 g/mol. The van der Waals surface area contributed by atoms with E-state index >= 15 is 0 Å². The third kappa shape index (κ3) is 5.73. The quantitative estimate of drug-likeness (QED) is 0.205. The average molecular weight is 618 g/mol. The predicted octanol–water partition coefficient (Wildman–Crippen LogP) is 6.53. The Kier molecular flexibility index (Phi) is 7.92. The molecule has 220 valence electrons. The number of imidazole rings is 1. The summed E-state index contributed by atoms with van der Waals surface area (Å²) in [4.78, 5) is 37.0. The largest absolute Gasteiger partial charge is 0.484 e. The van der Waals surface area contributed by atoms with Gasteiger partial charge in [-0.1, -0.05) is 35.9 Å². The number of aromatic nitrogens is 3.